The molecule has 0 radical (unpaired) electrons. The highest BCUT2D eigenvalue weighted by atomic mass is 16.5. The Bertz CT molecular complexity index is 889. The summed E-state index contributed by atoms with van der Waals surface area (Å²) in [5.74, 6) is 1.67. The van der Waals surface area contributed by atoms with Gasteiger partial charge in [-0.05, 0) is 35.7 Å². The van der Waals surface area contributed by atoms with Gasteiger partial charge < -0.3 is 15.4 Å². The monoisotopic (exact) mass is 377 g/mol. The molecule has 0 saturated carbocycles. The average molecular weight is 377 g/mol. The number of rotatable bonds is 8. The summed E-state index contributed by atoms with van der Waals surface area (Å²) in [4.78, 5) is 4.29. The number of aromatic nitrogens is 2. The molecule has 3 aromatic rings. The van der Waals surface area contributed by atoms with E-state index < -0.39 is 0 Å². The molecule has 0 bridgehead atoms. The topological polar surface area (TPSA) is 63.5 Å². The maximum atomic E-state index is 5.82. The van der Waals surface area contributed by atoms with E-state index in [-0.39, 0.29) is 0 Å². The SMILES string of the molecule is CN=C(NCCOc1ccccc1C)NCc1ccccc1Cn1cccn1. The Labute approximate surface area is 166 Å². The van der Waals surface area contributed by atoms with Gasteiger partial charge in [-0.15, -0.1) is 0 Å². The van der Waals surface area contributed by atoms with Gasteiger partial charge in [-0.25, -0.2) is 0 Å². The molecule has 0 saturated heterocycles. The van der Waals surface area contributed by atoms with Crippen molar-refractivity contribution in [1.29, 1.82) is 0 Å². The minimum Gasteiger partial charge on any atom is -0.491 e. The van der Waals surface area contributed by atoms with Crippen molar-refractivity contribution >= 4 is 5.96 Å². The third-order valence-electron chi connectivity index (χ3n) is 4.43. The maximum Gasteiger partial charge on any atom is 0.191 e. The Hall–Kier alpha value is -3.28. The predicted octanol–water partition coefficient (Wildman–Crippen LogP) is 2.98. The number of nitrogens with zero attached hydrogens (tertiary/aromatic N) is 3. The molecule has 0 aliphatic heterocycles. The number of nitrogens with one attached hydrogen (secondary N) is 2. The van der Waals surface area contributed by atoms with Crippen LogP contribution in [0.15, 0.2) is 72.0 Å². The standard InChI is InChI=1S/C22H27N5O/c1-18-8-3-6-11-21(18)28-15-13-24-22(23-2)25-16-19-9-4-5-10-20(19)17-27-14-7-12-26-27/h3-12,14H,13,15-17H2,1-2H3,(H2,23,24,25). The van der Waals surface area contributed by atoms with E-state index in [1.807, 2.05) is 48.1 Å². The van der Waals surface area contributed by atoms with E-state index in [2.05, 4.69) is 45.0 Å². The lowest BCUT2D eigenvalue weighted by atomic mass is 10.1. The highest BCUT2D eigenvalue weighted by Gasteiger charge is 2.05. The number of hydrogen-bond acceptors (Lipinski definition) is 3. The van der Waals surface area contributed by atoms with E-state index in [0.717, 1.165) is 23.8 Å². The Morgan fingerprint density at radius 2 is 1.82 bits per heavy atom. The largest absolute Gasteiger partial charge is 0.491 e. The van der Waals surface area contributed by atoms with E-state index >= 15 is 0 Å². The van der Waals surface area contributed by atoms with Crippen molar-refractivity contribution in [2.75, 3.05) is 20.2 Å². The van der Waals surface area contributed by atoms with Crippen molar-refractivity contribution in [3.63, 3.8) is 0 Å². The zero-order valence-corrected chi connectivity index (χ0v) is 16.4. The quantitative estimate of drug-likeness (QED) is 0.360. The number of hydrogen-bond donors (Lipinski definition) is 2. The first kappa shape index (κ1) is 19.5. The third-order valence-corrected chi connectivity index (χ3v) is 4.43. The van der Waals surface area contributed by atoms with Crippen LogP contribution >= 0.6 is 0 Å². The van der Waals surface area contributed by atoms with E-state index in [0.29, 0.717) is 19.7 Å². The molecule has 0 atom stereocenters. The molecule has 28 heavy (non-hydrogen) atoms. The zero-order valence-electron chi connectivity index (χ0n) is 16.4. The van der Waals surface area contributed by atoms with Crippen LogP contribution in [0.4, 0.5) is 0 Å². The van der Waals surface area contributed by atoms with Gasteiger partial charge in [0.15, 0.2) is 5.96 Å². The fraction of sp³-hybridized carbons (Fsp3) is 0.273. The Morgan fingerprint density at radius 1 is 1.04 bits per heavy atom. The van der Waals surface area contributed by atoms with E-state index in [9.17, 15) is 0 Å². The first-order valence-corrected chi connectivity index (χ1v) is 9.43. The summed E-state index contributed by atoms with van der Waals surface area (Å²) < 4.78 is 7.74. The van der Waals surface area contributed by atoms with Crippen LogP contribution in [-0.4, -0.2) is 35.9 Å². The summed E-state index contributed by atoms with van der Waals surface area (Å²) in [5, 5.41) is 11.0. The maximum absolute atomic E-state index is 5.82. The van der Waals surface area contributed by atoms with Crippen LogP contribution in [0.5, 0.6) is 5.75 Å². The van der Waals surface area contributed by atoms with Crippen LogP contribution in [0, 0.1) is 6.92 Å². The number of guanidine groups is 1. The van der Waals surface area contributed by atoms with Crippen LogP contribution in [0.2, 0.25) is 0 Å². The molecule has 3 rings (SSSR count). The second kappa shape index (κ2) is 10.2. The first-order valence-electron chi connectivity index (χ1n) is 9.43. The number of benzene rings is 2. The van der Waals surface area contributed by atoms with Crippen LogP contribution < -0.4 is 15.4 Å². The van der Waals surface area contributed by atoms with Gasteiger partial charge in [0.25, 0.3) is 0 Å². The molecule has 0 aliphatic rings. The molecule has 1 heterocycles. The predicted molar refractivity (Wildman–Crippen MR) is 113 cm³/mol. The molecule has 6 nitrogen and oxygen atoms in total. The lowest BCUT2D eigenvalue weighted by molar-refractivity contribution is 0.320. The van der Waals surface area contributed by atoms with Gasteiger partial charge >= 0.3 is 0 Å². The van der Waals surface area contributed by atoms with Crippen molar-refractivity contribution in [2.45, 2.75) is 20.0 Å². The van der Waals surface area contributed by atoms with E-state index in [4.69, 9.17) is 4.74 Å². The number of aryl methyl sites for hydroxylation is 1. The minimum atomic E-state index is 0.571. The highest BCUT2D eigenvalue weighted by Crippen LogP contribution is 2.15. The molecule has 0 unspecified atom stereocenters. The van der Waals surface area contributed by atoms with E-state index in [1.165, 1.54) is 11.1 Å². The summed E-state index contributed by atoms with van der Waals surface area (Å²) in [6.45, 7) is 4.73. The lowest BCUT2D eigenvalue weighted by Crippen LogP contribution is -2.39. The Kier molecular flexibility index (Phi) is 7.07. The second-order valence-electron chi connectivity index (χ2n) is 6.44. The number of para-hydroxylation sites is 1. The summed E-state index contributed by atoms with van der Waals surface area (Å²) in [7, 11) is 1.77. The van der Waals surface area contributed by atoms with Gasteiger partial charge in [0.2, 0.25) is 0 Å². The fourth-order valence-electron chi connectivity index (χ4n) is 2.90. The molecule has 0 aliphatic carbocycles. The highest BCUT2D eigenvalue weighted by molar-refractivity contribution is 5.79. The van der Waals surface area contributed by atoms with Crippen LogP contribution in [-0.2, 0) is 13.1 Å². The smallest absolute Gasteiger partial charge is 0.191 e. The summed E-state index contributed by atoms with van der Waals surface area (Å²) in [5.41, 5.74) is 3.59. The van der Waals surface area contributed by atoms with Gasteiger partial charge in [-0.1, -0.05) is 42.5 Å². The fourth-order valence-corrected chi connectivity index (χ4v) is 2.90. The van der Waals surface area contributed by atoms with Gasteiger partial charge in [-0.2, -0.15) is 5.10 Å². The molecule has 1 aromatic heterocycles. The molecular formula is C22H27N5O. The van der Waals surface area contributed by atoms with Gasteiger partial charge in [0.1, 0.15) is 12.4 Å². The first-order chi connectivity index (χ1) is 13.8. The van der Waals surface area contributed by atoms with Gasteiger partial charge in [0.05, 0.1) is 13.1 Å². The van der Waals surface area contributed by atoms with Crippen LogP contribution in [0.25, 0.3) is 0 Å². The van der Waals surface area contributed by atoms with E-state index in [1.54, 1.807) is 13.2 Å². The molecule has 2 N–H and O–H groups in total. The minimum absolute atomic E-state index is 0.571. The number of ether oxygens (including phenoxy) is 1. The molecule has 0 amide bonds. The third kappa shape index (κ3) is 5.61. The lowest BCUT2D eigenvalue weighted by Gasteiger charge is -2.15. The molecule has 146 valence electrons. The molecule has 0 spiro atoms. The van der Waals surface area contributed by atoms with Crippen molar-refractivity contribution < 1.29 is 4.74 Å². The zero-order chi connectivity index (χ0) is 19.6. The van der Waals surface area contributed by atoms with Crippen LogP contribution in [0.3, 0.4) is 0 Å². The van der Waals surface area contributed by atoms with Crippen molar-refractivity contribution in [1.82, 2.24) is 20.4 Å². The van der Waals surface area contributed by atoms with Gasteiger partial charge in [-0.3, -0.25) is 9.67 Å². The molecule has 2 aromatic carbocycles. The van der Waals surface area contributed by atoms with Crippen molar-refractivity contribution in [3.05, 3.63) is 83.7 Å². The van der Waals surface area contributed by atoms with Crippen molar-refractivity contribution in [3.8, 4) is 5.75 Å². The molecule has 6 heteroatoms. The van der Waals surface area contributed by atoms with Crippen LogP contribution in [0.1, 0.15) is 16.7 Å². The Balaban J connectivity index is 1.47. The normalized spacial score (nSPS) is 11.3. The summed E-state index contributed by atoms with van der Waals surface area (Å²) >= 11 is 0. The summed E-state index contributed by atoms with van der Waals surface area (Å²) in [6, 6.07) is 18.3. The second-order valence-corrected chi connectivity index (χ2v) is 6.44. The number of aliphatic imine (C=N–C) groups is 1. The average Bonchev–Trinajstić information content (AvgIpc) is 3.23. The van der Waals surface area contributed by atoms with Crippen molar-refractivity contribution in [2.24, 2.45) is 4.99 Å². The summed E-state index contributed by atoms with van der Waals surface area (Å²) in [6.07, 6.45) is 3.77. The molecular weight excluding hydrogens is 350 g/mol. The Morgan fingerprint density at radius 3 is 2.57 bits per heavy atom. The van der Waals surface area contributed by atoms with Gasteiger partial charge in [0, 0.05) is 26.0 Å². The molecule has 0 fully saturated rings.